The van der Waals surface area contributed by atoms with Crippen LogP contribution in [-0.4, -0.2) is 19.3 Å². The van der Waals surface area contributed by atoms with Gasteiger partial charge >= 0.3 is 0 Å². The van der Waals surface area contributed by atoms with Crippen molar-refractivity contribution in [1.82, 2.24) is 4.98 Å². The van der Waals surface area contributed by atoms with Crippen LogP contribution < -0.4 is 5.32 Å². The number of sulfone groups is 1. The van der Waals surface area contributed by atoms with Crippen molar-refractivity contribution in [2.45, 2.75) is 30.1 Å². The largest absolute Gasteiger partial charge is 0.340 e. The zero-order valence-electron chi connectivity index (χ0n) is 14.4. The number of aromatic amines is 1. The molecular formula is C19H19ClN2O3S. The molecule has 1 heterocycles. The maximum absolute atomic E-state index is 13.2. The van der Waals surface area contributed by atoms with E-state index in [2.05, 4.69) is 10.3 Å². The lowest BCUT2D eigenvalue weighted by molar-refractivity contribution is -0.119. The molecule has 3 aromatic rings. The molecule has 5 nitrogen and oxygen atoms in total. The van der Waals surface area contributed by atoms with Crippen molar-refractivity contribution in [3.8, 4) is 0 Å². The molecule has 3 rings (SSSR count). The van der Waals surface area contributed by atoms with E-state index in [-0.39, 0.29) is 27.4 Å². The number of rotatable bonds is 5. The molecule has 0 unspecified atom stereocenters. The third-order valence-corrected chi connectivity index (χ3v) is 6.43. The third-order valence-electron chi connectivity index (χ3n) is 4.34. The molecule has 1 amide bonds. The van der Waals surface area contributed by atoms with E-state index >= 15 is 0 Å². The van der Waals surface area contributed by atoms with Gasteiger partial charge < -0.3 is 10.3 Å². The average Bonchev–Trinajstić information content (AvgIpc) is 2.99. The second-order valence-electron chi connectivity index (χ2n) is 6.13. The van der Waals surface area contributed by atoms with Crippen LogP contribution in [0.1, 0.15) is 20.3 Å². The third kappa shape index (κ3) is 3.34. The van der Waals surface area contributed by atoms with E-state index in [9.17, 15) is 13.2 Å². The fourth-order valence-corrected chi connectivity index (χ4v) is 4.41. The van der Waals surface area contributed by atoms with E-state index in [1.165, 1.54) is 12.1 Å². The number of benzene rings is 2. The van der Waals surface area contributed by atoms with Gasteiger partial charge in [0.05, 0.1) is 4.90 Å². The molecule has 1 atom stereocenters. The number of carbonyl (C=O) groups is 1. The fourth-order valence-electron chi connectivity index (χ4n) is 2.66. The normalized spacial score (nSPS) is 12.9. The Morgan fingerprint density at radius 1 is 1.19 bits per heavy atom. The molecule has 7 heteroatoms. The first kappa shape index (κ1) is 18.5. The SMILES string of the molecule is CC[C@H](C)C(=O)Nc1[nH]c2ccc(Cl)cc2c1S(=O)(=O)c1ccccc1. The standard InChI is InChI=1S/C19H19ClN2O3S/c1-3-12(2)19(23)22-18-17(15-11-13(20)9-10-16(15)21-18)26(24,25)14-7-5-4-6-8-14/h4-12,21H,3H2,1-2H3,(H,22,23)/t12-/m0/s1. The first-order chi connectivity index (χ1) is 12.3. The van der Waals surface area contributed by atoms with Crippen LogP contribution in [0.2, 0.25) is 5.02 Å². The highest BCUT2D eigenvalue weighted by Gasteiger charge is 2.28. The van der Waals surface area contributed by atoms with Gasteiger partial charge in [0.2, 0.25) is 15.7 Å². The molecule has 0 aliphatic carbocycles. The monoisotopic (exact) mass is 390 g/mol. The van der Waals surface area contributed by atoms with Crippen LogP contribution in [0.15, 0.2) is 58.3 Å². The molecule has 136 valence electrons. The van der Waals surface area contributed by atoms with Gasteiger partial charge in [-0.1, -0.05) is 43.6 Å². The summed E-state index contributed by atoms with van der Waals surface area (Å²) in [4.78, 5) is 15.5. The van der Waals surface area contributed by atoms with Crippen molar-refractivity contribution in [3.63, 3.8) is 0 Å². The van der Waals surface area contributed by atoms with E-state index in [1.807, 2.05) is 6.92 Å². The van der Waals surface area contributed by atoms with Gasteiger partial charge in [0.15, 0.2) is 0 Å². The van der Waals surface area contributed by atoms with Gasteiger partial charge in [-0.15, -0.1) is 0 Å². The first-order valence-electron chi connectivity index (χ1n) is 8.26. The number of anilines is 1. The van der Waals surface area contributed by atoms with E-state index in [1.54, 1.807) is 43.3 Å². The second-order valence-corrected chi connectivity index (χ2v) is 8.46. The van der Waals surface area contributed by atoms with Crippen LogP contribution >= 0.6 is 11.6 Å². The lowest BCUT2D eigenvalue weighted by Gasteiger charge is -2.11. The highest BCUT2D eigenvalue weighted by Crippen LogP contribution is 2.36. The molecule has 2 N–H and O–H groups in total. The van der Waals surface area contributed by atoms with Crippen molar-refractivity contribution in [1.29, 1.82) is 0 Å². The van der Waals surface area contributed by atoms with Crippen molar-refractivity contribution in [3.05, 3.63) is 53.6 Å². The number of fused-ring (bicyclic) bond motifs is 1. The molecule has 0 saturated carbocycles. The zero-order chi connectivity index (χ0) is 18.9. The molecule has 0 spiro atoms. The summed E-state index contributed by atoms with van der Waals surface area (Å²) in [6.45, 7) is 3.69. The second kappa shape index (κ2) is 7.13. The Labute approximate surface area is 157 Å². The number of hydrogen-bond acceptors (Lipinski definition) is 3. The number of halogens is 1. The van der Waals surface area contributed by atoms with Crippen molar-refractivity contribution in [2.75, 3.05) is 5.32 Å². The first-order valence-corrected chi connectivity index (χ1v) is 10.1. The number of nitrogens with one attached hydrogen (secondary N) is 2. The Hall–Kier alpha value is -2.31. The topological polar surface area (TPSA) is 79.0 Å². The summed E-state index contributed by atoms with van der Waals surface area (Å²) in [6.07, 6.45) is 0.651. The molecule has 0 radical (unpaired) electrons. The van der Waals surface area contributed by atoms with E-state index in [4.69, 9.17) is 11.6 Å². The van der Waals surface area contributed by atoms with Gasteiger partial charge in [-0.05, 0) is 36.8 Å². The average molecular weight is 391 g/mol. The van der Waals surface area contributed by atoms with Gasteiger partial charge in [0.25, 0.3) is 0 Å². The van der Waals surface area contributed by atoms with E-state index in [0.717, 1.165) is 0 Å². The fraction of sp³-hybridized carbons (Fsp3) is 0.211. The lowest BCUT2D eigenvalue weighted by atomic mass is 10.1. The minimum Gasteiger partial charge on any atom is -0.340 e. The Kier molecular flexibility index (Phi) is 5.07. The Bertz CT molecular complexity index is 1060. The molecule has 0 saturated heterocycles. The number of aromatic nitrogens is 1. The molecule has 26 heavy (non-hydrogen) atoms. The summed E-state index contributed by atoms with van der Waals surface area (Å²) in [5, 5.41) is 3.59. The zero-order valence-corrected chi connectivity index (χ0v) is 16.0. The highest BCUT2D eigenvalue weighted by atomic mass is 35.5. The highest BCUT2D eigenvalue weighted by molar-refractivity contribution is 7.92. The van der Waals surface area contributed by atoms with Crippen LogP contribution in [0.3, 0.4) is 0 Å². The predicted octanol–water partition coefficient (Wildman–Crippen LogP) is 4.64. The minimum absolute atomic E-state index is 0.0258. The smallest absolute Gasteiger partial charge is 0.228 e. The summed E-state index contributed by atoms with van der Waals surface area (Å²) >= 11 is 6.08. The van der Waals surface area contributed by atoms with Gasteiger partial charge in [-0.25, -0.2) is 8.42 Å². The summed E-state index contributed by atoms with van der Waals surface area (Å²) < 4.78 is 26.5. The summed E-state index contributed by atoms with van der Waals surface area (Å²) in [7, 11) is -3.85. The van der Waals surface area contributed by atoms with Crippen molar-refractivity contribution >= 4 is 44.1 Å². The molecule has 1 aromatic heterocycles. The van der Waals surface area contributed by atoms with Gasteiger partial charge in [0.1, 0.15) is 10.7 Å². The van der Waals surface area contributed by atoms with Crippen molar-refractivity contribution < 1.29 is 13.2 Å². The molecule has 0 fully saturated rings. The number of carbonyl (C=O) groups excluding carboxylic acids is 1. The Morgan fingerprint density at radius 3 is 2.54 bits per heavy atom. The van der Waals surface area contributed by atoms with Crippen LogP contribution in [-0.2, 0) is 14.6 Å². The summed E-state index contributed by atoms with van der Waals surface area (Å²) in [5.41, 5.74) is 0.586. The van der Waals surface area contributed by atoms with Crippen LogP contribution in [0.5, 0.6) is 0 Å². The van der Waals surface area contributed by atoms with Crippen LogP contribution in [0.4, 0.5) is 5.82 Å². The van der Waals surface area contributed by atoms with Crippen LogP contribution in [0, 0.1) is 5.92 Å². The molecular weight excluding hydrogens is 372 g/mol. The number of hydrogen-bond donors (Lipinski definition) is 2. The van der Waals surface area contributed by atoms with Crippen LogP contribution in [0.25, 0.3) is 10.9 Å². The quantitative estimate of drug-likeness (QED) is 0.666. The maximum Gasteiger partial charge on any atom is 0.228 e. The van der Waals surface area contributed by atoms with Gasteiger partial charge in [-0.2, -0.15) is 0 Å². The van der Waals surface area contributed by atoms with Gasteiger partial charge in [0, 0.05) is 21.8 Å². The molecule has 0 aliphatic rings. The van der Waals surface area contributed by atoms with E-state index < -0.39 is 9.84 Å². The molecule has 2 aromatic carbocycles. The van der Waals surface area contributed by atoms with Crippen molar-refractivity contribution in [2.24, 2.45) is 5.92 Å². The predicted molar refractivity (Wildman–Crippen MR) is 103 cm³/mol. The Morgan fingerprint density at radius 2 is 1.88 bits per heavy atom. The number of H-pyrrole nitrogens is 1. The van der Waals surface area contributed by atoms with E-state index in [0.29, 0.717) is 22.3 Å². The molecule has 0 aliphatic heterocycles. The van der Waals surface area contributed by atoms with Gasteiger partial charge in [-0.3, -0.25) is 4.79 Å². The summed E-state index contributed by atoms with van der Waals surface area (Å²) in [5.74, 6) is -0.316. The summed E-state index contributed by atoms with van der Waals surface area (Å²) in [6, 6.07) is 13.1. The maximum atomic E-state index is 13.2. The minimum atomic E-state index is -3.85. The molecule has 0 bridgehead atoms. The Balaban J connectivity index is 2.23. The number of amides is 1. The lowest BCUT2D eigenvalue weighted by Crippen LogP contribution is -2.21.